The monoisotopic (exact) mass is 286 g/mol. The van der Waals surface area contributed by atoms with Crippen LogP contribution in [0.5, 0.6) is 0 Å². The second-order valence-corrected chi connectivity index (χ2v) is 4.94. The summed E-state index contributed by atoms with van der Waals surface area (Å²) in [6, 6.07) is 5.69. The molecule has 1 fully saturated rings. The maximum Gasteiger partial charge on any atom is 0.100 e. The Bertz CT molecular complexity index is 392. The van der Waals surface area contributed by atoms with E-state index in [1.165, 1.54) is 0 Å². The molecule has 0 radical (unpaired) electrons. The first-order chi connectivity index (χ1) is 7.18. The fraction of sp³-hybridized carbons (Fsp3) is 0.364. The Labute approximate surface area is 103 Å². The fourth-order valence-electron chi connectivity index (χ4n) is 1.79. The third kappa shape index (κ3) is 2.34. The average molecular weight is 288 g/mol. The van der Waals surface area contributed by atoms with E-state index in [1.807, 2.05) is 23.1 Å². The SMILES string of the molecule is N=C1CCCCN1c1cc(Cl)ccc1Br. The number of benzene rings is 1. The van der Waals surface area contributed by atoms with E-state index >= 15 is 0 Å². The van der Waals surface area contributed by atoms with Crippen LogP contribution in [0.15, 0.2) is 22.7 Å². The molecule has 2 rings (SSSR count). The number of hydrogen-bond acceptors (Lipinski definition) is 1. The fourth-order valence-corrected chi connectivity index (χ4v) is 2.42. The van der Waals surface area contributed by atoms with Crippen molar-refractivity contribution in [3.05, 3.63) is 27.7 Å². The molecule has 0 bridgehead atoms. The first kappa shape index (κ1) is 11.0. The van der Waals surface area contributed by atoms with E-state index in [1.54, 1.807) is 0 Å². The largest absolute Gasteiger partial charge is 0.329 e. The van der Waals surface area contributed by atoms with E-state index in [0.29, 0.717) is 10.9 Å². The lowest BCUT2D eigenvalue weighted by atomic mass is 10.1. The minimum Gasteiger partial charge on any atom is -0.329 e. The third-order valence-electron chi connectivity index (χ3n) is 2.57. The van der Waals surface area contributed by atoms with Gasteiger partial charge in [0.15, 0.2) is 0 Å². The number of halogens is 2. The Morgan fingerprint density at radius 3 is 2.87 bits per heavy atom. The lowest BCUT2D eigenvalue weighted by Crippen LogP contribution is -2.34. The minimum absolute atomic E-state index is 0.684. The zero-order chi connectivity index (χ0) is 10.8. The van der Waals surface area contributed by atoms with Crippen LogP contribution in [-0.2, 0) is 0 Å². The summed E-state index contributed by atoms with van der Waals surface area (Å²) in [7, 11) is 0. The Kier molecular flexibility index (Phi) is 3.32. The Balaban J connectivity index is 2.34. The molecule has 2 nitrogen and oxygen atoms in total. The minimum atomic E-state index is 0.684. The van der Waals surface area contributed by atoms with Crippen molar-refractivity contribution in [1.29, 1.82) is 5.41 Å². The predicted octanol–water partition coefficient (Wildman–Crippen LogP) is 4.07. The molecule has 1 heterocycles. The van der Waals surface area contributed by atoms with Gasteiger partial charge < -0.3 is 4.90 Å². The molecule has 0 atom stereocenters. The third-order valence-corrected chi connectivity index (χ3v) is 3.48. The standard InChI is InChI=1S/C11H12BrClN2/c12-9-5-4-8(13)7-10(9)15-6-2-1-3-11(15)14/h4-5,7,14H,1-3,6H2. The molecule has 0 aliphatic carbocycles. The number of nitrogens with one attached hydrogen (secondary N) is 1. The van der Waals surface area contributed by atoms with E-state index in [4.69, 9.17) is 17.0 Å². The maximum absolute atomic E-state index is 7.91. The summed E-state index contributed by atoms with van der Waals surface area (Å²) in [6.07, 6.45) is 3.12. The summed E-state index contributed by atoms with van der Waals surface area (Å²) in [5, 5.41) is 8.63. The zero-order valence-corrected chi connectivity index (χ0v) is 10.6. The van der Waals surface area contributed by atoms with Gasteiger partial charge in [0.1, 0.15) is 5.84 Å². The van der Waals surface area contributed by atoms with Crippen LogP contribution in [0.3, 0.4) is 0 Å². The van der Waals surface area contributed by atoms with Crippen LogP contribution in [0.25, 0.3) is 0 Å². The van der Waals surface area contributed by atoms with Crippen molar-refractivity contribution < 1.29 is 0 Å². The van der Waals surface area contributed by atoms with E-state index in [0.717, 1.165) is 36.0 Å². The van der Waals surface area contributed by atoms with Gasteiger partial charge in [-0.2, -0.15) is 0 Å². The molecule has 1 aromatic rings. The first-order valence-electron chi connectivity index (χ1n) is 4.98. The van der Waals surface area contributed by atoms with Crippen LogP contribution in [0, 0.1) is 5.41 Å². The van der Waals surface area contributed by atoms with Crippen LogP contribution in [-0.4, -0.2) is 12.4 Å². The normalized spacial score (nSPS) is 16.9. The smallest absolute Gasteiger partial charge is 0.100 e. The van der Waals surface area contributed by atoms with Crippen molar-refractivity contribution in [2.24, 2.45) is 0 Å². The van der Waals surface area contributed by atoms with Crippen molar-refractivity contribution >= 4 is 39.1 Å². The molecule has 15 heavy (non-hydrogen) atoms. The van der Waals surface area contributed by atoms with E-state index < -0.39 is 0 Å². The highest BCUT2D eigenvalue weighted by molar-refractivity contribution is 9.10. The summed E-state index contributed by atoms with van der Waals surface area (Å²) in [5.74, 6) is 0.684. The quantitative estimate of drug-likeness (QED) is 0.828. The summed E-state index contributed by atoms with van der Waals surface area (Å²) < 4.78 is 0.999. The lowest BCUT2D eigenvalue weighted by Gasteiger charge is -2.30. The van der Waals surface area contributed by atoms with Crippen molar-refractivity contribution in [3.63, 3.8) is 0 Å². The Hall–Kier alpha value is -0.540. The van der Waals surface area contributed by atoms with E-state index in [2.05, 4.69) is 15.9 Å². The molecule has 1 aromatic carbocycles. The van der Waals surface area contributed by atoms with Crippen molar-refractivity contribution in [2.45, 2.75) is 19.3 Å². The number of hydrogen-bond donors (Lipinski definition) is 1. The molecule has 0 amide bonds. The molecule has 1 aliphatic rings. The average Bonchev–Trinajstić information content (AvgIpc) is 2.23. The number of amidine groups is 1. The molecule has 0 saturated carbocycles. The van der Waals surface area contributed by atoms with Gasteiger partial charge in [0.2, 0.25) is 0 Å². The topological polar surface area (TPSA) is 27.1 Å². The van der Waals surface area contributed by atoms with E-state index in [-0.39, 0.29) is 0 Å². The number of piperidine rings is 1. The number of anilines is 1. The number of rotatable bonds is 1. The van der Waals surface area contributed by atoms with Crippen molar-refractivity contribution in [3.8, 4) is 0 Å². The maximum atomic E-state index is 7.91. The molecule has 4 heteroatoms. The van der Waals surface area contributed by atoms with Crippen LogP contribution >= 0.6 is 27.5 Å². The van der Waals surface area contributed by atoms with Crippen LogP contribution in [0.2, 0.25) is 5.02 Å². The highest BCUT2D eigenvalue weighted by Gasteiger charge is 2.18. The first-order valence-corrected chi connectivity index (χ1v) is 6.15. The predicted molar refractivity (Wildman–Crippen MR) is 68.1 cm³/mol. The molecule has 0 unspecified atom stereocenters. The van der Waals surface area contributed by atoms with Gasteiger partial charge in [-0.15, -0.1) is 0 Å². The van der Waals surface area contributed by atoms with Gasteiger partial charge >= 0.3 is 0 Å². The molecule has 0 spiro atoms. The van der Waals surface area contributed by atoms with Gasteiger partial charge in [0.25, 0.3) is 0 Å². The van der Waals surface area contributed by atoms with Crippen molar-refractivity contribution in [2.75, 3.05) is 11.4 Å². The van der Waals surface area contributed by atoms with Gasteiger partial charge in [0, 0.05) is 22.5 Å². The molecule has 1 N–H and O–H groups in total. The van der Waals surface area contributed by atoms with E-state index in [9.17, 15) is 0 Å². The molecule has 1 aliphatic heterocycles. The second kappa shape index (κ2) is 4.54. The summed E-state index contributed by atoms with van der Waals surface area (Å²) >= 11 is 9.46. The molecular weight excluding hydrogens is 275 g/mol. The molecule has 1 saturated heterocycles. The highest BCUT2D eigenvalue weighted by atomic mass is 79.9. The Morgan fingerprint density at radius 2 is 2.13 bits per heavy atom. The van der Waals surface area contributed by atoms with Crippen LogP contribution in [0.4, 0.5) is 5.69 Å². The van der Waals surface area contributed by atoms with Gasteiger partial charge in [-0.1, -0.05) is 11.6 Å². The highest BCUT2D eigenvalue weighted by Crippen LogP contribution is 2.31. The van der Waals surface area contributed by atoms with Crippen LogP contribution in [0.1, 0.15) is 19.3 Å². The van der Waals surface area contributed by atoms with Crippen molar-refractivity contribution in [1.82, 2.24) is 0 Å². The summed E-state index contributed by atoms with van der Waals surface area (Å²) in [6.45, 7) is 0.914. The molecule has 0 aromatic heterocycles. The second-order valence-electron chi connectivity index (χ2n) is 3.65. The van der Waals surface area contributed by atoms with Crippen LogP contribution < -0.4 is 4.90 Å². The Morgan fingerprint density at radius 1 is 1.33 bits per heavy atom. The zero-order valence-electron chi connectivity index (χ0n) is 8.26. The molecular formula is C11H12BrClN2. The number of nitrogens with zero attached hydrogens (tertiary/aromatic N) is 1. The van der Waals surface area contributed by atoms with Gasteiger partial charge in [0.05, 0.1) is 5.69 Å². The van der Waals surface area contributed by atoms with Gasteiger partial charge in [-0.25, -0.2) is 0 Å². The van der Waals surface area contributed by atoms with Gasteiger partial charge in [-0.05, 0) is 47.0 Å². The summed E-state index contributed by atoms with van der Waals surface area (Å²) in [5.41, 5.74) is 1.01. The molecule has 80 valence electrons. The van der Waals surface area contributed by atoms with Gasteiger partial charge in [-0.3, -0.25) is 5.41 Å². The summed E-state index contributed by atoms with van der Waals surface area (Å²) in [4.78, 5) is 2.03. The lowest BCUT2D eigenvalue weighted by molar-refractivity contribution is 0.707.